The number of allylic oxidation sites excluding steroid dienone is 1. The number of rotatable bonds is 2. The zero-order valence-corrected chi connectivity index (χ0v) is 12.6. The van der Waals surface area contributed by atoms with Crippen molar-refractivity contribution in [1.29, 1.82) is 0 Å². The van der Waals surface area contributed by atoms with E-state index in [9.17, 15) is 4.79 Å². The van der Waals surface area contributed by atoms with Gasteiger partial charge in [-0.3, -0.25) is 4.79 Å². The molecular formula is C21H15NO. The van der Waals surface area contributed by atoms with E-state index in [-0.39, 0.29) is 5.78 Å². The summed E-state index contributed by atoms with van der Waals surface area (Å²) in [6.07, 6.45) is 10.2. The van der Waals surface area contributed by atoms with E-state index >= 15 is 0 Å². The van der Waals surface area contributed by atoms with Gasteiger partial charge in [0.1, 0.15) is 0 Å². The molecule has 4 rings (SSSR count). The summed E-state index contributed by atoms with van der Waals surface area (Å²) in [6.45, 7) is 0.526. The molecule has 0 saturated carbocycles. The summed E-state index contributed by atoms with van der Waals surface area (Å²) in [5.74, 6) is 2.82. The minimum absolute atomic E-state index is 0.134. The van der Waals surface area contributed by atoms with Crippen molar-refractivity contribution >= 4 is 22.8 Å². The van der Waals surface area contributed by atoms with E-state index in [1.165, 1.54) is 0 Å². The van der Waals surface area contributed by atoms with Gasteiger partial charge in [0.05, 0.1) is 6.54 Å². The summed E-state index contributed by atoms with van der Waals surface area (Å²) < 4.78 is 2.05. The first-order valence-electron chi connectivity index (χ1n) is 7.62. The molecule has 0 saturated heterocycles. The molecule has 0 amide bonds. The number of ketones is 1. The highest BCUT2D eigenvalue weighted by molar-refractivity contribution is 6.16. The lowest BCUT2D eigenvalue weighted by Crippen LogP contribution is -1.95. The summed E-state index contributed by atoms with van der Waals surface area (Å²) in [7, 11) is 0. The second-order valence-electron chi connectivity index (χ2n) is 5.77. The van der Waals surface area contributed by atoms with Crippen molar-refractivity contribution in [2.24, 2.45) is 0 Å². The molecule has 1 aliphatic carbocycles. The number of fused-ring (bicyclic) bond motifs is 2. The normalized spacial score (nSPS) is 15.1. The molecule has 2 heteroatoms. The molecule has 0 fully saturated rings. The van der Waals surface area contributed by atoms with Crippen LogP contribution in [0.3, 0.4) is 0 Å². The number of hydrogen-bond donors (Lipinski definition) is 0. The molecule has 0 unspecified atom stereocenters. The molecule has 1 aromatic heterocycles. The lowest BCUT2D eigenvalue weighted by atomic mass is 10.1. The fourth-order valence-electron chi connectivity index (χ4n) is 3.28. The van der Waals surface area contributed by atoms with Gasteiger partial charge in [0.15, 0.2) is 5.78 Å². The number of nitrogens with zero attached hydrogens (tertiary/aromatic N) is 1. The summed E-state index contributed by atoms with van der Waals surface area (Å²) in [5, 5.41) is 1.12. The van der Waals surface area contributed by atoms with Crippen molar-refractivity contribution in [3.63, 3.8) is 0 Å². The highest BCUT2D eigenvalue weighted by atomic mass is 16.1. The third-order valence-electron chi connectivity index (χ3n) is 4.35. The van der Waals surface area contributed by atoms with Crippen LogP contribution in [0, 0.1) is 12.3 Å². The average Bonchev–Trinajstić information content (AvgIpc) is 3.08. The topological polar surface area (TPSA) is 22.0 Å². The number of aromatic nitrogens is 1. The van der Waals surface area contributed by atoms with E-state index in [0.717, 1.165) is 33.2 Å². The molecule has 0 spiro atoms. The monoisotopic (exact) mass is 297 g/mol. The maximum absolute atomic E-state index is 12.6. The van der Waals surface area contributed by atoms with Gasteiger partial charge in [0.2, 0.25) is 0 Å². The highest BCUT2D eigenvalue weighted by Crippen LogP contribution is 2.30. The van der Waals surface area contributed by atoms with Gasteiger partial charge in [-0.2, -0.15) is 0 Å². The Morgan fingerprint density at radius 3 is 2.74 bits per heavy atom. The third kappa shape index (κ3) is 2.18. The Labute approximate surface area is 135 Å². The van der Waals surface area contributed by atoms with Crippen LogP contribution in [0.15, 0.2) is 60.3 Å². The Morgan fingerprint density at radius 2 is 1.91 bits per heavy atom. The van der Waals surface area contributed by atoms with E-state index in [2.05, 4.69) is 18.1 Å². The van der Waals surface area contributed by atoms with Crippen molar-refractivity contribution in [3.8, 4) is 12.3 Å². The maximum Gasteiger partial charge on any atom is 0.189 e. The number of terminal acetylenes is 1. The molecule has 1 heterocycles. The number of para-hydroxylation sites is 1. The van der Waals surface area contributed by atoms with Gasteiger partial charge < -0.3 is 4.57 Å². The largest absolute Gasteiger partial charge is 0.335 e. The van der Waals surface area contributed by atoms with Crippen LogP contribution >= 0.6 is 0 Å². The van der Waals surface area contributed by atoms with E-state index in [1.54, 1.807) is 0 Å². The molecule has 0 N–H and O–H groups in total. The molecule has 3 aromatic rings. The van der Waals surface area contributed by atoms with Crippen molar-refractivity contribution in [3.05, 3.63) is 77.0 Å². The first kappa shape index (κ1) is 13.6. The van der Waals surface area contributed by atoms with Crippen molar-refractivity contribution in [2.75, 3.05) is 0 Å². The predicted molar refractivity (Wildman–Crippen MR) is 93.2 cm³/mol. The molecule has 0 radical (unpaired) electrons. The molecule has 2 aromatic carbocycles. The van der Waals surface area contributed by atoms with Crippen LogP contribution in [0.2, 0.25) is 0 Å². The Bertz CT molecular complexity index is 998. The van der Waals surface area contributed by atoms with Crippen molar-refractivity contribution in [2.45, 2.75) is 13.0 Å². The molecule has 23 heavy (non-hydrogen) atoms. The highest BCUT2D eigenvalue weighted by Gasteiger charge is 2.24. The average molecular weight is 297 g/mol. The molecule has 2 nitrogen and oxygen atoms in total. The summed E-state index contributed by atoms with van der Waals surface area (Å²) in [5.41, 5.74) is 4.92. The maximum atomic E-state index is 12.6. The van der Waals surface area contributed by atoms with Gasteiger partial charge in [-0.25, -0.2) is 0 Å². The van der Waals surface area contributed by atoms with Gasteiger partial charge in [0, 0.05) is 40.2 Å². The first-order valence-corrected chi connectivity index (χ1v) is 7.62. The zero-order chi connectivity index (χ0) is 15.8. The minimum atomic E-state index is 0.134. The van der Waals surface area contributed by atoms with Crippen molar-refractivity contribution in [1.82, 2.24) is 4.57 Å². The molecule has 0 bridgehead atoms. The second-order valence-corrected chi connectivity index (χ2v) is 5.77. The number of carbonyl (C=O) groups excluding carboxylic acids is 1. The summed E-state index contributed by atoms with van der Waals surface area (Å²) in [4.78, 5) is 12.6. The van der Waals surface area contributed by atoms with Gasteiger partial charge in [-0.1, -0.05) is 48.4 Å². The van der Waals surface area contributed by atoms with Gasteiger partial charge in [-0.05, 0) is 17.7 Å². The molecule has 1 aliphatic rings. The Morgan fingerprint density at radius 1 is 1.13 bits per heavy atom. The van der Waals surface area contributed by atoms with E-state index in [1.807, 2.05) is 53.2 Å². The Balaban J connectivity index is 1.83. The quantitative estimate of drug-likeness (QED) is 0.515. The lowest BCUT2D eigenvalue weighted by molar-refractivity contribution is 0.104. The van der Waals surface area contributed by atoms with Crippen LogP contribution in [0.5, 0.6) is 0 Å². The molecule has 110 valence electrons. The number of Topliss-reactive ketones (excluding diaryl/α,β-unsaturated/α-hetero) is 1. The smallest absolute Gasteiger partial charge is 0.189 e. The Kier molecular flexibility index (Phi) is 3.13. The van der Waals surface area contributed by atoms with E-state index < -0.39 is 0 Å². The van der Waals surface area contributed by atoms with Crippen LogP contribution < -0.4 is 0 Å². The fraction of sp³-hybridized carbons (Fsp3) is 0.0952. The third-order valence-corrected chi connectivity index (χ3v) is 4.35. The first-order chi connectivity index (χ1) is 11.3. The van der Waals surface area contributed by atoms with E-state index in [4.69, 9.17) is 6.42 Å². The van der Waals surface area contributed by atoms with Crippen molar-refractivity contribution < 1.29 is 4.79 Å². The van der Waals surface area contributed by atoms with Crippen LogP contribution in [-0.4, -0.2) is 10.4 Å². The molecule has 0 atom stereocenters. The van der Waals surface area contributed by atoms with Crippen LogP contribution in [-0.2, 0) is 13.0 Å². The predicted octanol–water partition coefficient (Wildman–Crippen LogP) is 4.10. The van der Waals surface area contributed by atoms with Crippen LogP contribution in [0.25, 0.3) is 17.0 Å². The zero-order valence-electron chi connectivity index (χ0n) is 12.6. The van der Waals surface area contributed by atoms with Crippen LogP contribution in [0.4, 0.5) is 0 Å². The summed E-state index contributed by atoms with van der Waals surface area (Å²) >= 11 is 0. The standard InChI is InChI=1S/C21H15NO/c1-2-11-22-14-17(18-8-5-6-10-20(18)22)13-16-12-15-7-3-4-9-19(15)21(16)23/h1,3-10,13-14H,11-12H2/b16-13+. The molecular weight excluding hydrogens is 282 g/mol. The number of benzene rings is 2. The molecule has 0 aliphatic heterocycles. The van der Waals surface area contributed by atoms with Gasteiger partial charge in [-0.15, -0.1) is 6.42 Å². The number of hydrogen-bond acceptors (Lipinski definition) is 1. The number of carbonyl (C=O) groups is 1. The Hall–Kier alpha value is -3.05. The summed E-state index contributed by atoms with van der Waals surface area (Å²) in [6, 6.07) is 16.0. The van der Waals surface area contributed by atoms with E-state index in [0.29, 0.717) is 13.0 Å². The van der Waals surface area contributed by atoms with Crippen LogP contribution in [0.1, 0.15) is 21.5 Å². The SMILES string of the molecule is C#CCn1cc(/C=C2\Cc3ccccc3C2=O)c2ccccc21. The van der Waals surface area contributed by atoms with Gasteiger partial charge in [0.25, 0.3) is 0 Å². The fourth-order valence-corrected chi connectivity index (χ4v) is 3.28. The van der Waals surface area contributed by atoms with Gasteiger partial charge >= 0.3 is 0 Å². The minimum Gasteiger partial charge on any atom is -0.335 e. The lowest BCUT2D eigenvalue weighted by Gasteiger charge is -1.97. The second kappa shape index (κ2) is 5.30.